The van der Waals surface area contributed by atoms with Crippen LogP contribution in [0, 0.1) is 5.82 Å². The van der Waals surface area contributed by atoms with E-state index in [-0.39, 0.29) is 0 Å². The number of hydrogen-bond donors (Lipinski definition) is 1. The molecule has 1 fully saturated rings. The minimum absolute atomic E-state index is 0.502. The third-order valence-electron chi connectivity index (χ3n) is 4.16. The Hall–Kier alpha value is -3.55. The van der Waals surface area contributed by atoms with Gasteiger partial charge in [-0.3, -0.25) is 33.5 Å². The Balaban J connectivity index is 2.65. The van der Waals surface area contributed by atoms with Crippen molar-refractivity contribution in [2.24, 2.45) is 0 Å². The minimum Gasteiger partial charge on any atom is -0.463 e. The van der Waals surface area contributed by atoms with Crippen LogP contribution in [0.3, 0.4) is 0 Å². The molecule has 0 aliphatic carbocycles. The van der Waals surface area contributed by atoms with Gasteiger partial charge in [-0.05, 0) is 0 Å². The summed E-state index contributed by atoms with van der Waals surface area (Å²) in [5.74, 6) is -4.71. The van der Waals surface area contributed by atoms with Crippen molar-refractivity contribution in [1.82, 2.24) is 9.55 Å². The highest BCUT2D eigenvalue weighted by molar-refractivity contribution is 5.68. The summed E-state index contributed by atoms with van der Waals surface area (Å²) in [5, 5.41) is 0. The number of esters is 4. The van der Waals surface area contributed by atoms with Crippen molar-refractivity contribution in [2.45, 2.75) is 58.3 Å². The maximum Gasteiger partial charge on any atom is 0.330 e. The first-order valence-corrected chi connectivity index (χ1v) is 9.22. The molecule has 0 bridgehead atoms. The average Bonchev–Trinajstić information content (AvgIpc) is 2.65. The summed E-state index contributed by atoms with van der Waals surface area (Å²) in [5.41, 5.74) is -2.45. The zero-order valence-electron chi connectivity index (χ0n) is 17.5. The molecule has 0 radical (unpaired) electrons. The van der Waals surface area contributed by atoms with Crippen LogP contribution in [0.5, 0.6) is 0 Å². The maximum absolute atomic E-state index is 13.9. The Labute approximate surface area is 179 Å². The zero-order valence-corrected chi connectivity index (χ0v) is 17.5. The fourth-order valence-corrected chi connectivity index (χ4v) is 3.08. The van der Waals surface area contributed by atoms with Crippen molar-refractivity contribution in [2.75, 3.05) is 6.61 Å². The number of carbonyl (C=O) groups excluding carboxylic acids is 4. The van der Waals surface area contributed by atoms with E-state index >= 15 is 0 Å². The molecule has 1 N–H and O–H groups in total. The first kappa shape index (κ1) is 24.7. The molecule has 0 amide bonds. The normalized spacial score (nSPS) is 24.8. The Morgan fingerprint density at radius 2 is 1.47 bits per heavy atom. The first-order chi connectivity index (χ1) is 14.9. The number of aromatic amines is 1. The van der Waals surface area contributed by atoms with Crippen LogP contribution in [0.4, 0.5) is 4.39 Å². The van der Waals surface area contributed by atoms with E-state index in [1.54, 1.807) is 4.98 Å². The molecule has 1 aliphatic rings. The van der Waals surface area contributed by atoms with Crippen molar-refractivity contribution in [3.05, 3.63) is 32.9 Å². The predicted molar refractivity (Wildman–Crippen MR) is 98.5 cm³/mol. The van der Waals surface area contributed by atoms with E-state index in [1.807, 2.05) is 0 Å². The van der Waals surface area contributed by atoms with Gasteiger partial charge >= 0.3 is 29.6 Å². The summed E-state index contributed by atoms with van der Waals surface area (Å²) < 4.78 is 40.6. The predicted octanol–water partition coefficient (Wildman–Crippen LogP) is -1.07. The summed E-state index contributed by atoms with van der Waals surface area (Å²) in [6, 6.07) is 0. The molecule has 1 aromatic heterocycles. The quantitative estimate of drug-likeness (QED) is 0.406. The lowest BCUT2D eigenvalue weighted by atomic mass is 9.97. The lowest BCUT2D eigenvalue weighted by Gasteiger charge is -2.44. The molecule has 1 aromatic rings. The molecule has 32 heavy (non-hydrogen) atoms. The number of halogens is 1. The van der Waals surface area contributed by atoms with Crippen LogP contribution in [0.2, 0.25) is 0 Å². The second kappa shape index (κ2) is 10.2. The molecule has 1 aliphatic heterocycles. The van der Waals surface area contributed by atoms with E-state index in [9.17, 15) is 33.2 Å². The Morgan fingerprint density at radius 1 is 0.938 bits per heavy atom. The highest BCUT2D eigenvalue weighted by Gasteiger charge is 2.53. The molecule has 0 unspecified atom stereocenters. The van der Waals surface area contributed by atoms with E-state index in [4.69, 9.17) is 23.7 Å². The van der Waals surface area contributed by atoms with Crippen LogP contribution >= 0.6 is 0 Å². The second-order valence-electron chi connectivity index (χ2n) is 6.73. The Bertz CT molecular complexity index is 1020. The van der Waals surface area contributed by atoms with E-state index in [1.165, 1.54) is 0 Å². The maximum atomic E-state index is 13.9. The van der Waals surface area contributed by atoms with E-state index in [2.05, 4.69) is 0 Å². The molecule has 14 heteroatoms. The third-order valence-corrected chi connectivity index (χ3v) is 4.16. The van der Waals surface area contributed by atoms with Crippen LogP contribution in [0.15, 0.2) is 15.8 Å². The molecular weight excluding hydrogens is 438 g/mol. The first-order valence-electron chi connectivity index (χ1n) is 9.22. The largest absolute Gasteiger partial charge is 0.463 e. The second-order valence-corrected chi connectivity index (χ2v) is 6.73. The molecule has 0 aromatic carbocycles. The summed E-state index contributed by atoms with van der Waals surface area (Å²) in [4.78, 5) is 71.9. The van der Waals surface area contributed by atoms with E-state index in [0.717, 1.165) is 27.7 Å². The molecular formula is C18H21FN2O11. The Kier molecular flexibility index (Phi) is 7.86. The van der Waals surface area contributed by atoms with Gasteiger partial charge in [-0.1, -0.05) is 0 Å². The summed E-state index contributed by atoms with van der Waals surface area (Å²) >= 11 is 0. The van der Waals surface area contributed by atoms with Gasteiger partial charge in [0.05, 0.1) is 6.20 Å². The minimum atomic E-state index is -1.67. The standard InChI is InChI=1S/C18H21FN2O11/c1-7(22)28-6-12-13(29-8(2)23)14(30-9(3)24)15(31-10(4)25)17(32-12)21-5-11(19)16(26)20-18(21)27/h5,12-15,17H,6H2,1-4H3,(H,20,26,27)/t12-,13-,14+,15-,17-/m1/s1/i19-1. The summed E-state index contributed by atoms with van der Waals surface area (Å²) in [6.45, 7) is 3.63. The van der Waals surface area contributed by atoms with E-state index < -0.39 is 78.2 Å². The van der Waals surface area contributed by atoms with E-state index in [0.29, 0.717) is 10.8 Å². The van der Waals surface area contributed by atoms with Crippen LogP contribution in [0.1, 0.15) is 33.9 Å². The topological polar surface area (TPSA) is 169 Å². The van der Waals surface area contributed by atoms with Gasteiger partial charge in [0.2, 0.25) is 5.82 Å². The number of nitrogens with zero attached hydrogens (tertiary/aromatic N) is 1. The lowest BCUT2D eigenvalue weighted by Crippen LogP contribution is -2.61. The fourth-order valence-electron chi connectivity index (χ4n) is 3.08. The van der Waals surface area contributed by atoms with Crippen molar-refractivity contribution in [3.63, 3.8) is 0 Å². The molecule has 1 saturated heterocycles. The molecule has 5 atom stereocenters. The monoisotopic (exact) mass is 459 g/mol. The fraction of sp³-hybridized carbons (Fsp3) is 0.556. The van der Waals surface area contributed by atoms with Crippen LogP contribution in [-0.4, -0.2) is 64.5 Å². The van der Waals surface area contributed by atoms with Crippen LogP contribution in [-0.2, 0) is 42.9 Å². The smallest absolute Gasteiger partial charge is 0.330 e. The molecule has 176 valence electrons. The molecule has 2 rings (SSSR count). The van der Waals surface area contributed by atoms with Crippen molar-refractivity contribution in [1.29, 1.82) is 0 Å². The SMILES string of the molecule is CC(=O)OC[C@H]1O[C@@H](n2cc([18F])c(=O)[nH]c2=O)[C@H](OC(C)=O)[C@@H](OC(C)=O)[C@@H]1OC(C)=O. The lowest BCUT2D eigenvalue weighted by molar-refractivity contribution is -0.269. The van der Waals surface area contributed by atoms with Gasteiger partial charge in [0, 0.05) is 27.7 Å². The van der Waals surface area contributed by atoms with Gasteiger partial charge in [-0.25, -0.2) is 4.79 Å². The molecule has 0 spiro atoms. The zero-order chi connectivity index (χ0) is 24.2. The summed E-state index contributed by atoms with van der Waals surface area (Å²) in [6.07, 6.45) is -7.14. The Morgan fingerprint density at radius 3 is 2.00 bits per heavy atom. The van der Waals surface area contributed by atoms with Gasteiger partial charge in [-0.15, -0.1) is 0 Å². The highest BCUT2D eigenvalue weighted by Crippen LogP contribution is 2.34. The molecule has 2 heterocycles. The van der Waals surface area contributed by atoms with Gasteiger partial charge in [0.1, 0.15) is 12.7 Å². The van der Waals surface area contributed by atoms with Crippen LogP contribution < -0.4 is 11.2 Å². The van der Waals surface area contributed by atoms with Gasteiger partial charge in [0.25, 0.3) is 5.56 Å². The van der Waals surface area contributed by atoms with Gasteiger partial charge in [-0.2, -0.15) is 4.39 Å². The number of nitrogens with one attached hydrogen (secondary N) is 1. The van der Waals surface area contributed by atoms with Crippen LogP contribution in [0.25, 0.3) is 0 Å². The number of hydrogen-bond acceptors (Lipinski definition) is 11. The number of ether oxygens (including phenoxy) is 5. The molecule has 13 nitrogen and oxygen atoms in total. The molecule has 0 saturated carbocycles. The number of H-pyrrole nitrogens is 1. The summed E-state index contributed by atoms with van der Waals surface area (Å²) in [7, 11) is 0. The highest BCUT2D eigenvalue weighted by atomic mass is 18.2. The number of rotatable bonds is 6. The van der Waals surface area contributed by atoms with Crippen molar-refractivity contribution in [3.8, 4) is 0 Å². The van der Waals surface area contributed by atoms with Gasteiger partial charge < -0.3 is 23.7 Å². The third kappa shape index (κ3) is 6.00. The van der Waals surface area contributed by atoms with Crippen molar-refractivity contribution >= 4 is 23.9 Å². The van der Waals surface area contributed by atoms with Gasteiger partial charge in [0.15, 0.2) is 24.5 Å². The number of aromatic nitrogens is 2. The average molecular weight is 459 g/mol. The number of carbonyl (C=O) groups is 4. The van der Waals surface area contributed by atoms with Crippen molar-refractivity contribution < 1.29 is 47.3 Å².